The van der Waals surface area contributed by atoms with Gasteiger partial charge in [0.2, 0.25) is 0 Å². The van der Waals surface area contributed by atoms with Gasteiger partial charge in [0.1, 0.15) is 17.3 Å². The van der Waals surface area contributed by atoms with Gasteiger partial charge >= 0.3 is 0 Å². The molecule has 0 fully saturated rings. The number of aromatic nitrogens is 2. The maximum Gasteiger partial charge on any atom is 0.266 e. The van der Waals surface area contributed by atoms with Crippen LogP contribution in [-0.4, -0.2) is 15.3 Å². The number of rotatable bonds is 3. The van der Waals surface area contributed by atoms with Gasteiger partial charge in [-0.15, -0.1) is 0 Å². The molecule has 0 spiro atoms. The lowest BCUT2D eigenvalue weighted by Gasteiger charge is -2.10. The van der Waals surface area contributed by atoms with Gasteiger partial charge in [0, 0.05) is 16.4 Å². The number of halogens is 1. The lowest BCUT2D eigenvalue weighted by molar-refractivity contribution is -0.112. The number of benzene rings is 1. The third-order valence-corrected chi connectivity index (χ3v) is 4.34. The Morgan fingerprint density at radius 2 is 2.00 bits per heavy atom. The van der Waals surface area contributed by atoms with E-state index in [0.29, 0.717) is 5.69 Å². The Morgan fingerprint density at radius 3 is 2.68 bits per heavy atom. The number of carbonyl (C=O) groups is 1. The van der Waals surface area contributed by atoms with E-state index >= 15 is 0 Å². The maximum absolute atomic E-state index is 12.5. The van der Waals surface area contributed by atoms with E-state index in [9.17, 15) is 10.1 Å². The van der Waals surface area contributed by atoms with Crippen LogP contribution in [0.5, 0.6) is 0 Å². The van der Waals surface area contributed by atoms with Crippen molar-refractivity contribution < 1.29 is 4.79 Å². The van der Waals surface area contributed by atoms with Gasteiger partial charge in [0.05, 0.1) is 11.9 Å². The fourth-order valence-electron chi connectivity index (χ4n) is 2.57. The predicted molar refractivity (Wildman–Crippen MR) is 101 cm³/mol. The highest BCUT2D eigenvalue weighted by Gasteiger charge is 2.13. The van der Waals surface area contributed by atoms with Crippen molar-refractivity contribution in [3.8, 4) is 6.07 Å². The van der Waals surface area contributed by atoms with Crippen molar-refractivity contribution in [2.24, 2.45) is 0 Å². The number of nitriles is 1. The Kier molecular flexibility index (Phi) is 4.68. The minimum absolute atomic E-state index is 0.0180. The number of amides is 1. The number of nitrogens with one attached hydrogen (secondary N) is 1. The zero-order valence-corrected chi connectivity index (χ0v) is 15.3. The quantitative estimate of drug-likeness (QED) is 0.532. The van der Waals surface area contributed by atoms with Crippen molar-refractivity contribution in [3.05, 3.63) is 69.6 Å². The standard InChI is InChI=1S/C19H15BrN4O/c1-12-4-3-5-13(2)18(12)23-19(25)14(9-21)8-16-10-22-17-7-6-15(20)11-24(16)17/h3-8,10-11H,1-2H3,(H,23,25). The second-order valence-corrected chi connectivity index (χ2v) is 6.57. The molecular weight excluding hydrogens is 380 g/mol. The van der Waals surface area contributed by atoms with E-state index in [1.54, 1.807) is 6.20 Å². The number of nitrogens with zero attached hydrogens (tertiary/aromatic N) is 3. The highest BCUT2D eigenvalue weighted by molar-refractivity contribution is 9.10. The number of pyridine rings is 1. The SMILES string of the molecule is Cc1cccc(C)c1NC(=O)C(C#N)=Cc1cnc2ccc(Br)cn12. The van der Waals surface area contributed by atoms with Crippen LogP contribution in [-0.2, 0) is 4.79 Å². The number of anilines is 1. The summed E-state index contributed by atoms with van der Waals surface area (Å²) in [7, 11) is 0. The minimum Gasteiger partial charge on any atom is -0.321 e. The first-order chi connectivity index (χ1) is 12.0. The zero-order chi connectivity index (χ0) is 18.0. The molecule has 0 atom stereocenters. The summed E-state index contributed by atoms with van der Waals surface area (Å²) in [5.41, 5.74) is 4.04. The van der Waals surface area contributed by atoms with Gasteiger partial charge in [0.25, 0.3) is 5.91 Å². The van der Waals surface area contributed by atoms with Crippen LogP contribution in [0, 0.1) is 25.2 Å². The van der Waals surface area contributed by atoms with Crippen LogP contribution in [0.1, 0.15) is 16.8 Å². The summed E-state index contributed by atoms with van der Waals surface area (Å²) >= 11 is 3.41. The zero-order valence-electron chi connectivity index (χ0n) is 13.7. The minimum atomic E-state index is -0.440. The fourth-order valence-corrected chi connectivity index (χ4v) is 2.91. The summed E-state index contributed by atoms with van der Waals surface area (Å²) in [6.07, 6.45) is 5.01. The summed E-state index contributed by atoms with van der Waals surface area (Å²) in [5.74, 6) is -0.440. The van der Waals surface area contributed by atoms with Gasteiger partial charge in [-0.3, -0.25) is 9.20 Å². The van der Waals surface area contributed by atoms with E-state index in [1.807, 2.05) is 60.8 Å². The first-order valence-corrected chi connectivity index (χ1v) is 8.41. The second-order valence-electron chi connectivity index (χ2n) is 5.65. The van der Waals surface area contributed by atoms with Gasteiger partial charge in [-0.25, -0.2) is 4.98 Å². The number of aryl methyl sites for hydroxylation is 2. The van der Waals surface area contributed by atoms with Gasteiger partial charge < -0.3 is 5.32 Å². The molecular formula is C19H15BrN4O. The van der Waals surface area contributed by atoms with Crippen LogP contribution in [0.3, 0.4) is 0 Å². The monoisotopic (exact) mass is 394 g/mol. The van der Waals surface area contributed by atoms with E-state index in [4.69, 9.17) is 0 Å². The molecule has 25 heavy (non-hydrogen) atoms. The highest BCUT2D eigenvalue weighted by atomic mass is 79.9. The molecule has 3 rings (SSSR count). The fraction of sp³-hybridized carbons (Fsp3) is 0.105. The largest absolute Gasteiger partial charge is 0.321 e. The van der Waals surface area contributed by atoms with E-state index < -0.39 is 5.91 Å². The first kappa shape index (κ1) is 16.9. The van der Waals surface area contributed by atoms with Gasteiger partial charge in [-0.1, -0.05) is 18.2 Å². The Balaban J connectivity index is 1.96. The summed E-state index contributed by atoms with van der Waals surface area (Å²) in [5, 5.41) is 12.3. The molecule has 0 aliphatic carbocycles. The van der Waals surface area contributed by atoms with Crippen molar-refractivity contribution in [1.29, 1.82) is 5.26 Å². The average molecular weight is 395 g/mol. The molecule has 1 N–H and O–H groups in total. The third-order valence-electron chi connectivity index (χ3n) is 3.88. The molecule has 3 aromatic rings. The van der Waals surface area contributed by atoms with Crippen LogP contribution in [0.2, 0.25) is 0 Å². The maximum atomic E-state index is 12.5. The van der Waals surface area contributed by atoms with Crippen molar-refractivity contribution in [1.82, 2.24) is 9.38 Å². The van der Waals surface area contributed by atoms with E-state index in [0.717, 1.165) is 26.9 Å². The molecule has 0 saturated heterocycles. The molecule has 2 heterocycles. The number of hydrogen-bond donors (Lipinski definition) is 1. The molecule has 0 aliphatic heterocycles. The van der Waals surface area contributed by atoms with Crippen molar-refractivity contribution in [3.63, 3.8) is 0 Å². The Morgan fingerprint density at radius 1 is 1.28 bits per heavy atom. The Hall–Kier alpha value is -2.91. The lowest BCUT2D eigenvalue weighted by Crippen LogP contribution is -2.15. The van der Waals surface area contributed by atoms with Gasteiger partial charge in [0.15, 0.2) is 0 Å². The molecule has 0 aliphatic rings. The van der Waals surface area contributed by atoms with Crippen molar-refractivity contribution >= 4 is 39.2 Å². The molecule has 0 bridgehead atoms. The van der Waals surface area contributed by atoms with Crippen LogP contribution in [0.15, 0.2) is 52.8 Å². The smallest absolute Gasteiger partial charge is 0.266 e. The molecule has 5 nitrogen and oxygen atoms in total. The average Bonchev–Trinajstić information content (AvgIpc) is 2.98. The third kappa shape index (κ3) is 3.47. The summed E-state index contributed by atoms with van der Waals surface area (Å²) in [4.78, 5) is 16.8. The van der Waals surface area contributed by atoms with Crippen molar-refractivity contribution in [2.75, 3.05) is 5.32 Å². The number of hydrogen-bond acceptors (Lipinski definition) is 3. The van der Waals surface area contributed by atoms with Crippen LogP contribution < -0.4 is 5.32 Å². The number of fused-ring (bicyclic) bond motifs is 1. The van der Waals surface area contributed by atoms with E-state index in [2.05, 4.69) is 26.2 Å². The number of carbonyl (C=O) groups excluding carboxylic acids is 1. The number of imidazole rings is 1. The molecule has 1 amide bonds. The second kappa shape index (κ2) is 6.91. The summed E-state index contributed by atoms with van der Waals surface area (Å²) in [6.45, 7) is 3.83. The molecule has 0 saturated carbocycles. The van der Waals surface area contributed by atoms with E-state index in [1.165, 1.54) is 6.08 Å². The predicted octanol–water partition coefficient (Wildman–Crippen LogP) is 4.26. The van der Waals surface area contributed by atoms with Crippen molar-refractivity contribution in [2.45, 2.75) is 13.8 Å². The first-order valence-electron chi connectivity index (χ1n) is 7.61. The lowest BCUT2D eigenvalue weighted by atomic mass is 10.1. The molecule has 6 heteroatoms. The number of para-hydroxylation sites is 1. The molecule has 0 radical (unpaired) electrons. The van der Waals surface area contributed by atoms with Gasteiger partial charge in [-0.2, -0.15) is 5.26 Å². The van der Waals surface area contributed by atoms with Crippen LogP contribution >= 0.6 is 15.9 Å². The van der Waals surface area contributed by atoms with Crippen LogP contribution in [0.25, 0.3) is 11.7 Å². The van der Waals surface area contributed by atoms with Gasteiger partial charge in [-0.05, 0) is 59.1 Å². The Labute approximate surface area is 153 Å². The van der Waals surface area contributed by atoms with Crippen LogP contribution in [0.4, 0.5) is 5.69 Å². The molecule has 124 valence electrons. The topological polar surface area (TPSA) is 70.2 Å². The summed E-state index contributed by atoms with van der Waals surface area (Å²) in [6, 6.07) is 11.5. The molecule has 2 aromatic heterocycles. The normalized spacial score (nSPS) is 11.4. The highest BCUT2D eigenvalue weighted by Crippen LogP contribution is 2.21. The molecule has 1 aromatic carbocycles. The van der Waals surface area contributed by atoms with E-state index in [-0.39, 0.29) is 5.57 Å². The Bertz CT molecular complexity index is 1020. The molecule has 0 unspecified atom stereocenters. The summed E-state index contributed by atoms with van der Waals surface area (Å²) < 4.78 is 2.69.